The molecule has 96 valence electrons. The molecule has 0 aliphatic rings. The van der Waals surface area contributed by atoms with Gasteiger partial charge >= 0.3 is 0 Å². The molecule has 4 nitrogen and oxygen atoms in total. The van der Waals surface area contributed by atoms with Crippen molar-refractivity contribution in [2.45, 2.75) is 46.1 Å². The van der Waals surface area contributed by atoms with Gasteiger partial charge in [0.2, 0.25) is 0 Å². The van der Waals surface area contributed by atoms with Crippen molar-refractivity contribution in [2.24, 2.45) is 0 Å². The van der Waals surface area contributed by atoms with Crippen LogP contribution in [0.25, 0.3) is 0 Å². The maximum absolute atomic E-state index is 5.87. The van der Waals surface area contributed by atoms with Crippen LogP contribution in [0.3, 0.4) is 0 Å². The molecule has 0 radical (unpaired) electrons. The van der Waals surface area contributed by atoms with Crippen LogP contribution in [0.15, 0.2) is 4.47 Å². The van der Waals surface area contributed by atoms with Gasteiger partial charge in [0, 0.05) is 6.61 Å². The van der Waals surface area contributed by atoms with E-state index in [0.717, 1.165) is 23.0 Å². The van der Waals surface area contributed by atoms with Gasteiger partial charge in [0.15, 0.2) is 5.82 Å². The van der Waals surface area contributed by atoms with Gasteiger partial charge in [-0.2, -0.15) is 0 Å². The van der Waals surface area contributed by atoms with E-state index in [1.165, 1.54) is 0 Å². The zero-order valence-corrected chi connectivity index (χ0v) is 12.5. The molecule has 0 atom stereocenters. The van der Waals surface area contributed by atoms with Crippen molar-refractivity contribution in [3.8, 4) is 0 Å². The number of hydrogen-bond donors (Lipinski definition) is 1. The molecule has 17 heavy (non-hydrogen) atoms. The highest BCUT2D eigenvalue weighted by atomic mass is 79.9. The Hall–Kier alpha value is -0.680. The van der Waals surface area contributed by atoms with E-state index in [2.05, 4.69) is 39.7 Å². The van der Waals surface area contributed by atoms with E-state index in [1.54, 1.807) is 0 Å². The van der Waals surface area contributed by atoms with Gasteiger partial charge in [0.1, 0.15) is 11.4 Å². The van der Waals surface area contributed by atoms with Gasteiger partial charge in [-0.3, -0.25) is 0 Å². The van der Waals surface area contributed by atoms with E-state index >= 15 is 0 Å². The number of nitrogens with two attached hydrogens (primary N) is 1. The van der Waals surface area contributed by atoms with Crippen LogP contribution in [0.2, 0.25) is 0 Å². The lowest BCUT2D eigenvalue weighted by atomic mass is 9.95. The molecule has 0 aromatic carbocycles. The highest BCUT2D eigenvalue weighted by Gasteiger charge is 2.33. The summed E-state index contributed by atoms with van der Waals surface area (Å²) in [6, 6.07) is 0. The first-order valence-corrected chi connectivity index (χ1v) is 6.74. The van der Waals surface area contributed by atoms with E-state index < -0.39 is 5.60 Å². The second-order valence-electron chi connectivity index (χ2n) is 3.97. The van der Waals surface area contributed by atoms with E-state index in [4.69, 9.17) is 10.5 Å². The summed E-state index contributed by atoms with van der Waals surface area (Å²) in [5, 5.41) is 0. The van der Waals surface area contributed by atoms with Gasteiger partial charge in [-0.25, -0.2) is 9.97 Å². The van der Waals surface area contributed by atoms with Crippen molar-refractivity contribution in [1.29, 1.82) is 0 Å². The second kappa shape index (κ2) is 5.78. The van der Waals surface area contributed by atoms with Gasteiger partial charge in [-0.05, 0) is 42.6 Å². The molecule has 0 fully saturated rings. The third kappa shape index (κ3) is 2.77. The first-order chi connectivity index (χ1) is 8.00. The highest BCUT2D eigenvalue weighted by Crippen LogP contribution is 2.33. The van der Waals surface area contributed by atoms with Crippen molar-refractivity contribution in [2.75, 3.05) is 12.3 Å². The molecule has 0 aliphatic carbocycles. The molecular formula is C12H20BrN3O. The minimum Gasteiger partial charge on any atom is -0.383 e. The van der Waals surface area contributed by atoms with Gasteiger partial charge in [0.25, 0.3) is 0 Å². The molecule has 0 saturated carbocycles. The Morgan fingerprint density at radius 2 is 1.82 bits per heavy atom. The maximum Gasteiger partial charge on any atom is 0.162 e. The summed E-state index contributed by atoms with van der Waals surface area (Å²) in [4.78, 5) is 8.86. The lowest BCUT2D eigenvalue weighted by Gasteiger charge is -2.30. The molecule has 0 saturated heterocycles. The molecule has 0 aliphatic heterocycles. The normalized spacial score (nSPS) is 11.8. The zero-order chi connectivity index (χ0) is 13.1. The highest BCUT2D eigenvalue weighted by molar-refractivity contribution is 9.10. The largest absolute Gasteiger partial charge is 0.383 e. The summed E-state index contributed by atoms with van der Waals surface area (Å²) in [6.45, 7) is 8.69. The molecule has 5 heteroatoms. The van der Waals surface area contributed by atoms with Crippen LogP contribution in [0.1, 0.15) is 45.1 Å². The standard InChI is InChI=1S/C12H20BrN3O/c1-5-12(6-2,17-7-3)11-15-8(4)9(13)10(14)16-11/h5-7H2,1-4H3,(H2,14,15,16). The van der Waals surface area contributed by atoms with Gasteiger partial charge in [-0.15, -0.1) is 0 Å². The molecule has 1 aromatic heterocycles. The Morgan fingerprint density at radius 3 is 2.24 bits per heavy atom. The monoisotopic (exact) mass is 301 g/mol. The second-order valence-corrected chi connectivity index (χ2v) is 4.76. The summed E-state index contributed by atoms with van der Waals surface area (Å²) < 4.78 is 6.63. The van der Waals surface area contributed by atoms with Crippen molar-refractivity contribution < 1.29 is 4.74 Å². The lowest BCUT2D eigenvalue weighted by molar-refractivity contribution is -0.0571. The fourth-order valence-electron chi connectivity index (χ4n) is 1.90. The summed E-state index contributed by atoms with van der Waals surface area (Å²) in [6.07, 6.45) is 1.66. The maximum atomic E-state index is 5.87. The quantitative estimate of drug-likeness (QED) is 0.907. The number of hydrogen-bond acceptors (Lipinski definition) is 4. The first-order valence-electron chi connectivity index (χ1n) is 5.94. The molecule has 0 amide bonds. The van der Waals surface area contributed by atoms with Crippen LogP contribution in [0.4, 0.5) is 5.82 Å². The number of rotatable bonds is 5. The average Bonchev–Trinajstić information content (AvgIpc) is 2.32. The number of nitrogen functional groups attached to an aromatic ring is 1. The molecule has 0 unspecified atom stereocenters. The van der Waals surface area contributed by atoms with Crippen LogP contribution in [-0.2, 0) is 10.3 Å². The Bertz CT molecular complexity index is 368. The smallest absolute Gasteiger partial charge is 0.162 e. The van der Waals surface area contributed by atoms with Gasteiger partial charge < -0.3 is 10.5 Å². The minimum absolute atomic E-state index is 0.422. The molecular weight excluding hydrogens is 282 g/mol. The molecule has 1 aromatic rings. The van der Waals surface area contributed by atoms with Crippen LogP contribution in [0, 0.1) is 6.92 Å². The number of ether oxygens (including phenoxy) is 1. The Labute approximate surface area is 111 Å². The van der Waals surface area contributed by atoms with Crippen molar-refractivity contribution >= 4 is 21.7 Å². The van der Waals surface area contributed by atoms with E-state index in [9.17, 15) is 0 Å². The fourth-order valence-corrected chi connectivity index (χ4v) is 2.07. The van der Waals surface area contributed by atoms with Crippen molar-refractivity contribution in [3.05, 3.63) is 16.0 Å². The Morgan fingerprint density at radius 1 is 1.24 bits per heavy atom. The topological polar surface area (TPSA) is 61.0 Å². The van der Waals surface area contributed by atoms with E-state index in [-0.39, 0.29) is 0 Å². The first kappa shape index (κ1) is 14.4. The summed E-state index contributed by atoms with van der Waals surface area (Å²) in [5.74, 6) is 1.15. The Kier molecular flexibility index (Phi) is 4.89. The molecule has 1 heterocycles. The summed E-state index contributed by atoms with van der Waals surface area (Å²) in [5.41, 5.74) is 6.29. The number of anilines is 1. The minimum atomic E-state index is -0.422. The number of aromatic nitrogens is 2. The number of nitrogens with zero attached hydrogens (tertiary/aromatic N) is 2. The number of aryl methyl sites for hydroxylation is 1. The third-order valence-electron chi connectivity index (χ3n) is 3.01. The summed E-state index contributed by atoms with van der Waals surface area (Å²) >= 11 is 3.37. The molecule has 0 bridgehead atoms. The predicted molar refractivity (Wildman–Crippen MR) is 72.8 cm³/mol. The van der Waals surface area contributed by atoms with Crippen molar-refractivity contribution in [3.63, 3.8) is 0 Å². The van der Waals surface area contributed by atoms with Crippen LogP contribution in [0.5, 0.6) is 0 Å². The molecule has 2 N–H and O–H groups in total. The van der Waals surface area contributed by atoms with Gasteiger partial charge in [-0.1, -0.05) is 13.8 Å². The fraction of sp³-hybridized carbons (Fsp3) is 0.667. The molecule has 0 spiro atoms. The van der Waals surface area contributed by atoms with Gasteiger partial charge in [0.05, 0.1) is 10.2 Å². The van der Waals surface area contributed by atoms with E-state index in [1.807, 2.05) is 13.8 Å². The van der Waals surface area contributed by atoms with Crippen LogP contribution < -0.4 is 5.73 Å². The van der Waals surface area contributed by atoms with Crippen LogP contribution in [-0.4, -0.2) is 16.6 Å². The predicted octanol–water partition coefficient (Wildman–Crippen LogP) is 3.18. The van der Waals surface area contributed by atoms with Crippen LogP contribution >= 0.6 is 15.9 Å². The average molecular weight is 302 g/mol. The Balaban J connectivity index is 3.28. The molecule has 1 rings (SSSR count). The SMILES string of the molecule is CCOC(CC)(CC)c1nc(C)c(Br)c(N)n1. The third-order valence-corrected chi connectivity index (χ3v) is 3.99. The number of halogens is 1. The van der Waals surface area contributed by atoms with Crippen molar-refractivity contribution in [1.82, 2.24) is 9.97 Å². The zero-order valence-electron chi connectivity index (χ0n) is 10.9. The lowest BCUT2D eigenvalue weighted by Crippen LogP contribution is -2.31. The van der Waals surface area contributed by atoms with E-state index in [0.29, 0.717) is 18.2 Å². The summed E-state index contributed by atoms with van der Waals surface area (Å²) in [7, 11) is 0.